The highest BCUT2D eigenvalue weighted by Crippen LogP contribution is 2.31. The molecular formula is C19H21N3O2S. The van der Waals surface area contributed by atoms with Gasteiger partial charge in [0, 0.05) is 49.5 Å². The molecule has 2 aromatic rings. The van der Waals surface area contributed by atoms with Crippen molar-refractivity contribution in [3.05, 3.63) is 46.2 Å². The summed E-state index contributed by atoms with van der Waals surface area (Å²) in [6, 6.07) is 10.2. The number of anilines is 2. The van der Waals surface area contributed by atoms with E-state index in [9.17, 15) is 9.59 Å². The third-order valence-electron chi connectivity index (χ3n) is 5.04. The van der Waals surface area contributed by atoms with E-state index in [0.29, 0.717) is 12.8 Å². The lowest BCUT2D eigenvalue weighted by Gasteiger charge is -2.36. The molecule has 0 atom stereocenters. The summed E-state index contributed by atoms with van der Waals surface area (Å²) in [5.41, 5.74) is 3.26. The molecule has 25 heavy (non-hydrogen) atoms. The van der Waals surface area contributed by atoms with Crippen molar-refractivity contribution in [2.24, 2.45) is 0 Å². The van der Waals surface area contributed by atoms with E-state index in [1.54, 1.807) is 16.2 Å². The fraction of sp³-hybridized carbons (Fsp3) is 0.368. The Hall–Kier alpha value is -2.34. The second kappa shape index (κ2) is 6.52. The largest absolute Gasteiger partial charge is 0.368 e. The third-order valence-corrected chi connectivity index (χ3v) is 5.92. The van der Waals surface area contributed by atoms with Crippen molar-refractivity contribution < 1.29 is 9.59 Å². The van der Waals surface area contributed by atoms with Crippen LogP contribution in [0.3, 0.4) is 0 Å². The van der Waals surface area contributed by atoms with Crippen molar-refractivity contribution in [2.45, 2.75) is 12.8 Å². The lowest BCUT2D eigenvalue weighted by molar-refractivity contribution is -0.130. The molecule has 130 valence electrons. The Kier molecular flexibility index (Phi) is 4.21. The van der Waals surface area contributed by atoms with Gasteiger partial charge in [0.15, 0.2) is 0 Å². The van der Waals surface area contributed by atoms with Crippen LogP contribution in [0.25, 0.3) is 0 Å². The molecule has 2 aliphatic heterocycles. The molecule has 1 saturated heterocycles. The maximum Gasteiger partial charge on any atom is 0.231 e. The molecule has 1 aromatic carbocycles. The molecule has 1 fully saturated rings. The second-order valence-electron chi connectivity index (χ2n) is 6.57. The first-order valence-corrected chi connectivity index (χ1v) is 9.44. The number of hydrogen-bond donors (Lipinski definition) is 0. The van der Waals surface area contributed by atoms with Gasteiger partial charge in [-0.15, -0.1) is 11.3 Å². The number of carbonyl (C=O) groups is 2. The summed E-state index contributed by atoms with van der Waals surface area (Å²) in [7, 11) is 1.83. The monoisotopic (exact) mass is 355 g/mol. The van der Waals surface area contributed by atoms with Gasteiger partial charge < -0.3 is 14.7 Å². The molecule has 0 radical (unpaired) electrons. The van der Waals surface area contributed by atoms with Gasteiger partial charge in [0.2, 0.25) is 11.8 Å². The third kappa shape index (κ3) is 3.14. The van der Waals surface area contributed by atoms with Crippen LogP contribution in [0.4, 0.5) is 11.4 Å². The van der Waals surface area contributed by atoms with Crippen molar-refractivity contribution in [3.63, 3.8) is 0 Å². The fourth-order valence-electron chi connectivity index (χ4n) is 3.54. The average molecular weight is 355 g/mol. The molecule has 2 amide bonds. The first kappa shape index (κ1) is 16.1. The van der Waals surface area contributed by atoms with Gasteiger partial charge in [-0.2, -0.15) is 0 Å². The van der Waals surface area contributed by atoms with E-state index >= 15 is 0 Å². The van der Waals surface area contributed by atoms with E-state index in [2.05, 4.69) is 17.0 Å². The Balaban J connectivity index is 1.38. The number of benzene rings is 1. The summed E-state index contributed by atoms with van der Waals surface area (Å²) >= 11 is 1.63. The minimum Gasteiger partial charge on any atom is -0.368 e. The zero-order valence-electron chi connectivity index (χ0n) is 14.3. The number of carbonyl (C=O) groups excluding carboxylic acids is 2. The lowest BCUT2D eigenvalue weighted by atomic mass is 10.1. The van der Waals surface area contributed by atoms with Gasteiger partial charge in [-0.25, -0.2) is 0 Å². The zero-order valence-corrected chi connectivity index (χ0v) is 15.1. The molecule has 0 unspecified atom stereocenters. The van der Waals surface area contributed by atoms with Gasteiger partial charge in [-0.1, -0.05) is 6.07 Å². The molecule has 0 saturated carbocycles. The van der Waals surface area contributed by atoms with E-state index in [1.807, 2.05) is 35.5 Å². The Morgan fingerprint density at radius 2 is 1.96 bits per heavy atom. The second-order valence-corrected chi connectivity index (χ2v) is 7.60. The van der Waals surface area contributed by atoms with Gasteiger partial charge in [-0.05, 0) is 35.2 Å². The van der Waals surface area contributed by atoms with Gasteiger partial charge >= 0.3 is 0 Å². The van der Waals surface area contributed by atoms with E-state index in [4.69, 9.17) is 0 Å². The number of piperazine rings is 1. The summed E-state index contributed by atoms with van der Waals surface area (Å²) in [5, 5.41) is 2.01. The lowest BCUT2D eigenvalue weighted by Crippen LogP contribution is -2.49. The van der Waals surface area contributed by atoms with E-state index in [1.165, 1.54) is 0 Å². The molecule has 0 N–H and O–H groups in total. The number of fused-ring (bicyclic) bond motifs is 1. The molecule has 4 rings (SSSR count). The van der Waals surface area contributed by atoms with Gasteiger partial charge in [0.25, 0.3) is 0 Å². The van der Waals surface area contributed by atoms with Crippen molar-refractivity contribution in [1.82, 2.24) is 4.90 Å². The molecule has 6 heteroatoms. The maximum atomic E-state index is 12.4. The average Bonchev–Trinajstić information content (AvgIpc) is 3.23. The quantitative estimate of drug-likeness (QED) is 0.847. The minimum atomic E-state index is 0.149. The summed E-state index contributed by atoms with van der Waals surface area (Å²) in [6.45, 7) is 3.16. The van der Waals surface area contributed by atoms with Crippen molar-refractivity contribution in [2.75, 3.05) is 43.0 Å². The molecule has 0 spiro atoms. The first-order valence-electron chi connectivity index (χ1n) is 8.56. The molecule has 5 nitrogen and oxygen atoms in total. The Bertz CT molecular complexity index is 795. The highest BCUT2D eigenvalue weighted by molar-refractivity contribution is 7.10. The predicted octanol–water partition coefficient (Wildman–Crippen LogP) is 2.16. The van der Waals surface area contributed by atoms with Crippen LogP contribution in [0.1, 0.15) is 10.4 Å². The zero-order chi connectivity index (χ0) is 17.4. The maximum absolute atomic E-state index is 12.4. The molecule has 3 heterocycles. The van der Waals surface area contributed by atoms with Crippen LogP contribution >= 0.6 is 11.3 Å². The van der Waals surface area contributed by atoms with Crippen molar-refractivity contribution in [1.29, 1.82) is 0 Å². The molecule has 2 aliphatic rings. The molecule has 1 aromatic heterocycles. The number of nitrogens with zero attached hydrogens (tertiary/aromatic N) is 3. The van der Waals surface area contributed by atoms with Gasteiger partial charge in [0.05, 0.1) is 12.8 Å². The van der Waals surface area contributed by atoms with Gasteiger partial charge in [0.1, 0.15) is 0 Å². The van der Waals surface area contributed by atoms with Crippen molar-refractivity contribution in [3.8, 4) is 0 Å². The summed E-state index contributed by atoms with van der Waals surface area (Å²) in [5.74, 6) is 0.361. The van der Waals surface area contributed by atoms with Crippen LogP contribution in [0.15, 0.2) is 35.7 Å². The Morgan fingerprint density at radius 1 is 1.16 bits per heavy atom. The van der Waals surface area contributed by atoms with Crippen LogP contribution in [0.5, 0.6) is 0 Å². The van der Waals surface area contributed by atoms with Crippen LogP contribution in [0, 0.1) is 0 Å². The number of rotatable bonds is 3. The normalized spacial score (nSPS) is 17.2. The topological polar surface area (TPSA) is 43.9 Å². The SMILES string of the molecule is CN1C(=O)Cc2cc(N3CCN(C(=O)Cc4cccs4)CC3)ccc21. The fourth-order valence-corrected chi connectivity index (χ4v) is 4.24. The van der Waals surface area contributed by atoms with Crippen molar-refractivity contribution >= 4 is 34.5 Å². The number of hydrogen-bond acceptors (Lipinski definition) is 4. The molecule has 0 bridgehead atoms. The van der Waals surface area contributed by atoms with Crippen LogP contribution in [-0.2, 0) is 22.4 Å². The van der Waals surface area contributed by atoms with Gasteiger partial charge in [-0.3, -0.25) is 9.59 Å². The van der Waals surface area contributed by atoms with E-state index in [-0.39, 0.29) is 11.8 Å². The number of amides is 2. The van der Waals surface area contributed by atoms with E-state index < -0.39 is 0 Å². The minimum absolute atomic E-state index is 0.149. The van der Waals surface area contributed by atoms with Crippen LogP contribution in [-0.4, -0.2) is 49.9 Å². The standard InChI is InChI=1S/C19H21N3O2S/c1-20-17-5-4-15(11-14(17)12-18(20)23)21-6-8-22(9-7-21)19(24)13-16-3-2-10-25-16/h2-5,10-11H,6-9,12-13H2,1H3. The number of likely N-dealkylation sites (N-methyl/N-ethyl adjacent to an activating group) is 1. The first-order chi connectivity index (χ1) is 12.1. The highest BCUT2D eigenvalue weighted by atomic mass is 32.1. The summed E-state index contributed by atoms with van der Waals surface area (Å²) in [4.78, 5) is 31.4. The highest BCUT2D eigenvalue weighted by Gasteiger charge is 2.26. The molecule has 0 aliphatic carbocycles. The Morgan fingerprint density at radius 3 is 2.68 bits per heavy atom. The summed E-state index contributed by atoms with van der Waals surface area (Å²) in [6.07, 6.45) is 0.990. The van der Waals surface area contributed by atoms with Crippen LogP contribution < -0.4 is 9.80 Å². The predicted molar refractivity (Wildman–Crippen MR) is 100 cm³/mol. The number of thiophene rings is 1. The molecular weight excluding hydrogens is 334 g/mol. The van der Waals surface area contributed by atoms with E-state index in [0.717, 1.165) is 48.0 Å². The smallest absolute Gasteiger partial charge is 0.231 e. The Labute approximate surface area is 151 Å². The van der Waals surface area contributed by atoms with Crippen LogP contribution in [0.2, 0.25) is 0 Å². The summed E-state index contributed by atoms with van der Waals surface area (Å²) < 4.78 is 0.